The van der Waals surface area contributed by atoms with E-state index in [1.165, 1.54) is 0 Å². The van der Waals surface area contributed by atoms with Crippen molar-refractivity contribution in [3.8, 4) is 5.75 Å². The van der Waals surface area contributed by atoms with Crippen molar-refractivity contribution in [2.45, 2.75) is 13.0 Å². The maximum atomic E-state index is 11.0. The maximum Gasteiger partial charge on any atom is 0.335 e. The molecule has 0 saturated heterocycles. The van der Waals surface area contributed by atoms with Crippen molar-refractivity contribution in [2.75, 3.05) is 19.7 Å². The Morgan fingerprint density at radius 1 is 1.18 bits per heavy atom. The van der Waals surface area contributed by atoms with Gasteiger partial charge < -0.3 is 9.84 Å². The third kappa shape index (κ3) is 4.41. The van der Waals surface area contributed by atoms with Crippen molar-refractivity contribution >= 4 is 21.1 Å². The second-order valence-corrected chi connectivity index (χ2v) is 6.31. The van der Waals surface area contributed by atoms with E-state index >= 15 is 0 Å². The van der Waals surface area contributed by atoms with Gasteiger partial charge in [0.1, 0.15) is 18.5 Å². The molecule has 2 aromatic carbocycles. The van der Waals surface area contributed by atoms with Gasteiger partial charge in [-0.25, -0.2) is 0 Å². The number of hydrogen-bond donors (Lipinski definition) is 2. The van der Waals surface area contributed by atoms with Crippen LogP contribution in [0.25, 0.3) is 10.8 Å². The van der Waals surface area contributed by atoms with Crippen molar-refractivity contribution in [2.24, 2.45) is 0 Å². The fraction of sp³-hybridized carbons (Fsp3) is 0.333. The summed E-state index contributed by atoms with van der Waals surface area (Å²) in [7, 11) is -4.30. The number of aliphatic hydroxyl groups excluding tert-OH is 1. The second kappa shape index (κ2) is 7.06. The molecule has 0 aliphatic heterocycles. The largest absolute Gasteiger partial charge is 0.491 e. The Kier molecular flexibility index (Phi) is 5.36. The van der Waals surface area contributed by atoms with Crippen LogP contribution in [0.15, 0.2) is 42.5 Å². The minimum atomic E-state index is -4.30. The fourth-order valence-electron chi connectivity index (χ4n) is 2.12. The van der Waals surface area contributed by atoms with Crippen LogP contribution < -0.4 is 4.74 Å². The Bertz CT molecular complexity index is 732. The Morgan fingerprint density at radius 3 is 2.50 bits per heavy atom. The molecule has 0 unspecified atom stereocenters. The van der Waals surface area contributed by atoms with Gasteiger partial charge in [0, 0.05) is 13.1 Å². The highest BCUT2D eigenvalue weighted by atomic mass is 32.2. The van der Waals surface area contributed by atoms with E-state index in [2.05, 4.69) is 0 Å². The van der Waals surface area contributed by atoms with Crippen molar-refractivity contribution in [1.29, 1.82) is 0 Å². The number of fused-ring (bicyclic) bond motifs is 1. The van der Waals surface area contributed by atoms with Gasteiger partial charge in [-0.2, -0.15) is 12.7 Å². The van der Waals surface area contributed by atoms with E-state index in [-0.39, 0.29) is 19.7 Å². The molecule has 0 aliphatic carbocycles. The average Bonchev–Trinajstić information content (AvgIpc) is 2.49. The van der Waals surface area contributed by atoms with E-state index in [0.717, 1.165) is 15.1 Å². The van der Waals surface area contributed by atoms with Crippen molar-refractivity contribution < 1.29 is 22.8 Å². The molecule has 22 heavy (non-hydrogen) atoms. The smallest absolute Gasteiger partial charge is 0.335 e. The highest BCUT2D eigenvalue weighted by Crippen LogP contribution is 2.20. The molecule has 0 bridgehead atoms. The van der Waals surface area contributed by atoms with Crippen LogP contribution in [0, 0.1) is 0 Å². The lowest BCUT2D eigenvalue weighted by atomic mass is 10.1. The van der Waals surface area contributed by atoms with Crippen LogP contribution in [-0.2, 0) is 10.3 Å². The van der Waals surface area contributed by atoms with Gasteiger partial charge in [0.05, 0.1) is 0 Å². The molecule has 120 valence electrons. The molecule has 1 atom stereocenters. The summed E-state index contributed by atoms with van der Waals surface area (Å²) in [4.78, 5) is 0. The van der Waals surface area contributed by atoms with E-state index in [4.69, 9.17) is 9.29 Å². The van der Waals surface area contributed by atoms with Gasteiger partial charge in [0.15, 0.2) is 0 Å². The first-order valence-electron chi connectivity index (χ1n) is 6.92. The number of likely N-dealkylation sites (N-methyl/N-ethyl adjacent to an activating group) is 1. The molecule has 0 amide bonds. The van der Waals surface area contributed by atoms with Crippen molar-refractivity contribution in [3.05, 3.63) is 42.5 Å². The standard InChI is InChI=1S/C15H19NO5S/c1-2-16(22(18,19)20)10-14(17)11-21-15-8-7-12-5-3-4-6-13(12)9-15/h3-9,14,17H,2,10-11H2,1H3,(H,18,19,20)/t14-/m0/s1. The Balaban J connectivity index is 1.96. The van der Waals surface area contributed by atoms with Crippen molar-refractivity contribution in [3.63, 3.8) is 0 Å². The minimum Gasteiger partial charge on any atom is -0.491 e. The molecular weight excluding hydrogens is 306 g/mol. The first-order valence-corrected chi connectivity index (χ1v) is 8.32. The van der Waals surface area contributed by atoms with Gasteiger partial charge in [-0.05, 0) is 22.9 Å². The number of hydrogen-bond acceptors (Lipinski definition) is 4. The summed E-state index contributed by atoms with van der Waals surface area (Å²) in [6.07, 6.45) is -1.03. The zero-order chi connectivity index (χ0) is 16.2. The van der Waals surface area contributed by atoms with Crippen LogP contribution in [0.4, 0.5) is 0 Å². The molecule has 6 nitrogen and oxygen atoms in total. The van der Waals surface area contributed by atoms with Crippen LogP contribution in [0.1, 0.15) is 6.92 Å². The fourth-order valence-corrected chi connectivity index (χ4v) is 2.81. The number of rotatable bonds is 7. The van der Waals surface area contributed by atoms with E-state index in [0.29, 0.717) is 5.75 Å². The molecular formula is C15H19NO5S. The molecule has 0 aromatic heterocycles. The molecule has 2 rings (SSSR count). The summed E-state index contributed by atoms with van der Waals surface area (Å²) in [5.74, 6) is 0.590. The zero-order valence-electron chi connectivity index (χ0n) is 12.2. The number of aliphatic hydroxyl groups is 1. The minimum absolute atomic E-state index is 0.0651. The van der Waals surface area contributed by atoms with Crippen LogP contribution in [0.3, 0.4) is 0 Å². The highest BCUT2D eigenvalue weighted by molar-refractivity contribution is 7.83. The Morgan fingerprint density at radius 2 is 1.86 bits per heavy atom. The third-order valence-corrected chi connectivity index (χ3v) is 4.32. The second-order valence-electron chi connectivity index (χ2n) is 4.90. The molecule has 2 aromatic rings. The Labute approximate surface area is 129 Å². The van der Waals surface area contributed by atoms with Crippen LogP contribution >= 0.6 is 0 Å². The molecule has 0 fully saturated rings. The third-order valence-electron chi connectivity index (χ3n) is 3.26. The maximum absolute atomic E-state index is 11.0. The van der Waals surface area contributed by atoms with Gasteiger partial charge in [-0.3, -0.25) is 4.55 Å². The summed E-state index contributed by atoms with van der Waals surface area (Å²) in [6.45, 7) is 1.36. The topological polar surface area (TPSA) is 87.1 Å². The van der Waals surface area contributed by atoms with Crippen LogP contribution in [-0.4, -0.2) is 48.2 Å². The number of ether oxygens (including phenoxy) is 1. The lowest BCUT2D eigenvalue weighted by Gasteiger charge is -2.20. The van der Waals surface area contributed by atoms with E-state index < -0.39 is 16.4 Å². The first kappa shape index (κ1) is 16.7. The first-order chi connectivity index (χ1) is 10.4. The molecule has 0 radical (unpaired) electrons. The SMILES string of the molecule is CCN(C[C@H](O)COc1ccc2ccccc2c1)S(=O)(=O)O. The molecule has 7 heteroatoms. The molecule has 0 saturated carbocycles. The van der Waals surface area contributed by atoms with E-state index in [1.54, 1.807) is 13.0 Å². The van der Waals surface area contributed by atoms with Gasteiger partial charge in [0.2, 0.25) is 0 Å². The summed E-state index contributed by atoms with van der Waals surface area (Å²) >= 11 is 0. The number of benzene rings is 2. The van der Waals surface area contributed by atoms with Crippen LogP contribution in [0.2, 0.25) is 0 Å². The van der Waals surface area contributed by atoms with Gasteiger partial charge >= 0.3 is 10.3 Å². The van der Waals surface area contributed by atoms with E-state index in [9.17, 15) is 13.5 Å². The molecule has 0 heterocycles. The predicted octanol–water partition coefficient (Wildman–Crippen LogP) is 1.70. The molecule has 2 N–H and O–H groups in total. The normalized spacial score (nSPS) is 13.5. The lowest BCUT2D eigenvalue weighted by molar-refractivity contribution is 0.0883. The molecule has 0 spiro atoms. The monoisotopic (exact) mass is 325 g/mol. The van der Waals surface area contributed by atoms with Gasteiger partial charge in [0.25, 0.3) is 0 Å². The highest BCUT2D eigenvalue weighted by Gasteiger charge is 2.20. The van der Waals surface area contributed by atoms with Crippen molar-refractivity contribution in [1.82, 2.24) is 4.31 Å². The average molecular weight is 325 g/mol. The summed E-state index contributed by atoms with van der Waals surface area (Å²) in [6, 6.07) is 13.4. The summed E-state index contributed by atoms with van der Waals surface area (Å²) < 4.78 is 37.3. The Hall–Kier alpha value is -1.67. The van der Waals surface area contributed by atoms with Gasteiger partial charge in [-0.15, -0.1) is 0 Å². The zero-order valence-corrected chi connectivity index (χ0v) is 13.0. The number of nitrogens with zero attached hydrogens (tertiary/aromatic N) is 1. The summed E-state index contributed by atoms with van der Waals surface area (Å²) in [5, 5.41) is 11.9. The van der Waals surface area contributed by atoms with Gasteiger partial charge in [-0.1, -0.05) is 37.3 Å². The molecule has 0 aliphatic rings. The quantitative estimate of drug-likeness (QED) is 0.757. The van der Waals surface area contributed by atoms with E-state index in [1.807, 2.05) is 36.4 Å². The summed E-state index contributed by atoms with van der Waals surface area (Å²) in [5.41, 5.74) is 0. The predicted molar refractivity (Wildman–Crippen MR) is 84.2 cm³/mol. The van der Waals surface area contributed by atoms with Crippen LogP contribution in [0.5, 0.6) is 5.75 Å². The lowest BCUT2D eigenvalue weighted by Crippen LogP contribution is -2.39.